The molecular formula is C22H27N3O3S. The average Bonchev–Trinajstić information content (AvgIpc) is 2.83. The highest BCUT2D eigenvalue weighted by Crippen LogP contribution is 2.38. The highest BCUT2D eigenvalue weighted by Gasteiger charge is 2.34. The van der Waals surface area contributed by atoms with Crippen molar-refractivity contribution in [1.29, 1.82) is 0 Å². The van der Waals surface area contributed by atoms with Gasteiger partial charge in [-0.1, -0.05) is 12.1 Å². The third kappa shape index (κ3) is 3.37. The number of carbonyl (C=O) groups excluding carboxylic acids is 1. The molecule has 0 spiro atoms. The number of nitrogens with zero attached hydrogens (tertiary/aromatic N) is 3. The van der Waals surface area contributed by atoms with Gasteiger partial charge in [0.05, 0.1) is 16.3 Å². The molecule has 0 aliphatic carbocycles. The Morgan fingerprint density at radius 3 is 2.48 bits per heavy atom. The number of sulfonamides is 1. The summed E-state index contributed by atoms with van der Waals surface area (Å²) >= 11 is 0. The van der Waals surface area contributed by atoms with Gasteiger partial charge in [-0.25, -0.2) is 8.42 Å². The zero-order valence-corrected chi connectivity index (χ0v) is 17.9. The molecule has 29 heavy (non-hydrogen) atoms. The lowest BCUT2D eigenvalue weighted by molar-refractivity contribution is -0.116. The van der Waals surface area contributed by atoms with E-state index in [1.807, 2.05) is 38.2 Å². The minimum Gasteiger partial charge on any atom is -0.373 e. The molecule has 2 aromatic carbocycles. The number of fused-ring (bicyclic) bond motifs is 2. The van der Waals surface area contributed by atoms with Gasteiger partial charge in [0, 0.05) is 38.8 Å². The standard InChI is InChI=1S/C22H27N3O3S/c1-16-12-14-23(3)21-8-4-5-9-22(21)25(16)29(27,28)19-10-11-20-18(15-19)7-6-13-24(20)17(2)26/h4-5,8-11,15-16H,6-7,12-14H2,1-3H3. The fraction of sp³-hybridized carbons (Fsp3) is 0.409. The summed E-state index contributed by atoms with van der Waals surface area (Å²) in [5, 5.41) is 0. The SMILES string of the molecule is CC(=O)N1CCCc2cc(S(=O)(=O)N3c4ccccc4N(C)CCC3C)ccc21. The van der Waals surface area contributed by atoms with E-state index in [9.17, 15) is 13.2 Å². The molecular weight excluding hydrogens is 386 g/mol. The van der Waals surface area contributed by atoms with E-state index in [-0.39, 0.29) is 16.8 Å². The van der Waals surface area contributed by atoms with Crippen molar-refractivity contribution >= 4 is 33.0 Å². The second-order valence-corrected chi connectivity index (χ2v) is 9.73. The summed E-state index contributed by atoms with van der Waals surface area (Å²) in [6.07, 6.45) is 2.36. The van der Waals surface area contributed by atoms with Crippen molar-refractivity contribution < 1.29 is 13.2 Å². The van der Waals surface area contributed by atoms with Crippen LogP contribution in [0.4, 0.5) is 17.1 Å². The predicted octanol–water partition coefficient (Wildman–Crippen LogP) is 3.41. The Bertz CT molecular complexity index is 1050. The van der Waals surface area contributed by atoms with Crippen LogP contribution in [0.1, 0.15) is 32.3 Å². The van der Waals surface area contributed by atoms with E-state index in [1.54, 1.807) is 34.3 Å². The number of hydrogen-bond donors (Lipinski definition) is 0. The first-order chi connectivity index (χ1) is 13.8. The summed E-state index contributed by atoms with van der Waals surface area (Å²) in [7, 11) is -1.74. The second kappa shape index (κ2) is 7.37. The fourth-order valence-corrected chi connectivity index (χ4v) is 6.12. The summed E-state index contributed by atoms with van der Waals surface area (Å²) in [4.78, 5) is 16.1. The number of benzene rings is 2. The van der Waals surface area contributed by atoms with Crippen LogP contribution in [0.2, 0.25) is 0 Å². The maximum absolute atomic E-state index is 13.7. The molecule has 0 bridgehead atoms. The van der Waals surface area contributed by atoms with Gasteiger partial charge in [0.25, 0.3) is 10.0 Å². The third-order valence-corrected chi connectivity index (χ3v) is 7.84. The fourth-order valence-electron chi connectivity index (χ4n) is 4.37. The summed E-state index contributed by atoms with van der Waals surface area (Å²) in [6.45, 7) is 4.98. The predicted molar refractivity (Wildman–Crippen MR) is 116 cm³/mol. The van der Waals surface area contributed by atoms with Crippen LogP contribution in [0.15, 0.2) is 47.4 Å². The molecule has 2 aromatic rings. The van der Waals surface area contributed by atoms with Crippen LogP contribution in [-0.2, 0) is 21.2 Å². The number of para-hydroxylation sites is 2. The molecule has 0 saturated carbocycles. The van der Waals surface area contributed by atoms with E-state index in [2.05, 4.69) is 4.90 Å². The first-order valence-corrected chi connectivity index (χ1v) is 11.5. The molecule has 2 aliphatic heterocycles. The van der Waals surface area contributed by atoms with Gasteiger partial charge in [-0.2, -0.15) is 0 Å². The van der Waals surface area contributed by atoms with Crippen LogP contribution in [0.25, 0.3) is 0 Å². The minimum atomic E-state index is -3.74. The Morgan fingerprint density at radius 2 is 1.76 bits per heavy atom. The molecule has 0 saturated heterocycles. The Balaban J connectivity index is 1.81. The normalized spacial score (nSPS) is 19.4. The molecule has 2 aliphatic rings. The highest BCUT2D eigenvalue weighted by atomic mass is 32.2. The van der Waals surface area contributed by atoms with Crippen LogP contribution in [-0.4, -0.2) is 40.5 Å². The van der Waals surface area contributed by atoms with Crippen molar-refractivity contribution in [2.24, 2.45) is 0 Å². The van der Waals surface area contributed by atoms with Crippen molar-refractivity contribution in [3.8, 4) is 0 Å². The van der Waals surface area contributed by atoms with E-state index in [0.717, 1.165) is 42.7 Å². The summed E-state index contributed by atoms with van der Waals surface area (Å²) in [5.41, 5.74) is 3.37. The maximum atomic E-state index is 13.7. The average molecular weight is 414 g/mol. The first kappa shape index (κ1) is 19.8. The number of carbonyl (C=O) groups is 1. The lowest BCUT2D eigenvalue weighted by atomic mass is 10.0. The Morgan fingerprint density at radius 1 is 1.03 bits per heavy atom. The van der Waals surface area contributed by atoms with Gasteiger partial charge in [0.15, 0.2) is 0 Å². The molecule has 0 fully saturated rings. The molecule has 1 amide bonds. The summed E-state index contributed by atoms with van der Waals surface area (Å²) in [5.74, 6) is -0.0142. The Labute approximate surface area is 172 Å². The molecule has 1 atom stereocenters. The molecule has 4 rings (SSSR count). The molecule has 0 aromatic heterocycles. The van der Waals surface area contributed by atoms with E-state index in [1.165, 1.54) is 0 Å². The van der Waals surface area contributed by atoms with Gasteiger partial charge >= 0.3 is 0 Å². The van der Waals surface area contributed by atoms with Crippen molar-refractivity contribution in [2.45, 2.75) is 44.0 Å². The van der Waals surface area contributed by atoms with Gasteiger partial charge < -0.3 is 9.80 Å². The molecule has 7 heteroatoms. The monoisotopic (exact) mass is 413 g/mol. The van der Waals surface area contributed by atoms with Crippen molar-refractivity contribution in [2.75, 3.05) is 34.2 Å². The van der Waals surface area contributed by atoms with Gasteiger partial charge in [-0.3, -0.25) is 9.10 Å². The molecule has 0 N–H and O–H groups in total. The van der Waals surface area contributed by atoms with Crippen molar-refractivity contribution in [1.82, 2.24) is 0 Å². The number of hydrogen-bond acceptors (Lipinski definition) is 4. The number of aryl methyl sites for hydroxylation is 1. The van der Waals surface area contributed by atoms with E-state index >= 15 is 0 Å². The maximum Gasteiger partial charge on any atom is 0.264 e. The minimum absolute atomic E-state index is 0.0142. The lowest BCUT2D eigenvalue weighted by Gasteiger charge is -2.32. The Hall–Kier alpha value is -2.54. The van der Waals surface area contributed by atoms with Gasteiger partial charge in [0.2, 0.25) is 5.91 Å². The number of amides is 1. The van der Waals surface area contributed by atoms with Crippen LogP contribution in [0.3, 0.4) is 0 Å². The molecule has 154 valence electrons. The van der Waals surface area contributed by atoms with Crippen LogP contribution >= 0.6 is 0 Å². The second-order valence-electron chi connectivity index (χ2n) is 7.91. The molecule has 1 unspecified atom stereocenters. The van der Waals surface area contributed by atoms with Crippen molar-refractivity contribution in [3.63, 3.8) is 0 Å². The van der Waals surface area contributed by atoms with E-state index in [0.29, 0.717) is 12.2 Å². The van der Waals surface area contributed by atoms with Crippen molar-refractivity contribution in [3.05, 3.63) is 48.0 Å². The van der Waals surface area contributed by atoms with Crippen LogP contribution < -0.4 is 14.1 Å². The third-order valence-electron chi connectivity index (χ3n) is 5.92. The molecule has 6 nitrogen and oxygen atoms in total. The zero-order chi connectivity index (χ0) is 20.8. The first-order valence-electron chi connectivity index (χ1n) is 10.1. The van der Waals surface area contributed by atoms with Gasteiger partial charge in [-0.05, 0) is 62.1 Å². The lowest BCUT2D eigenvalue weighted by Crippen LogP contribution is -2.39. The van der Waals surface area contributed by atoms with Gasteiger partial charge in [0.1, 0.15) is 0 Å². The van der Waals surface area contributed by atoms with E-state index < -0.39 is 10.0 Å². The zero-order valence-electron chi connectivity index (χ0n) is 17.1. The van der Waals surface area contributed by atoms with E-state index in [4.69, 9.17) is 0 Å². The largest absolute Gasteiger partial charge is 0.373 e. The number of rotatable bonds is 2. The van der Waals surface area contributed by atoms with Crippen LogP contribution in [0, 0.1) is 0 Å². The summed E-state index contributed by atoms with van der Waals surface area (Å²) in [6, 6.07) is 12.7. The summed E-state index contributed by atoms with van der Waals surface area (Å²) < 4.78 is 29.1. The number of anilines is 3. The highest BCUT2D eigenvalue weighted by molar-refractivity contribution is 7.92. The van der Waals surface area contributed by atoms with Gasteiger partial charge in [-0.15, -0.1) is 0 Å². The Kier molecular flexibility index (Phi) is 5.02. The van der Waals surface area contributed by atoms with Crippen LogP contribution in [0.5, 0.6) is 0 Å². The topological polar surface area (TPSA) is 60.9 Å². The smallest absolute Gasteiger partial charge is 0.264 e. The quantitative estimate of drug-likeness (QED) is 0.757. The molecule has 2 heterocycles. The molecule has 0 radical (unpaired) electrons.